The maximum Gasteiger partial charge on any atom is 0.238 e. The molecule has 0 saturated carbocycles. The fourth-order valence-electron chi connectivity index (χ4n) is 3.22. The monoisotopic (exact) mass is 393 g/mol. The van der Waals surface area contributed by atoms with Gasteiger partial charge in [-0.25, -0.2) is 8.78 Å². The molecule has 1 aliphatic heterocycles. The number of benzene rings is 2. The van der Waals surface area contributed by atoms with Gasteiger partial charge in [0.05, 0.1) is 6.54 Å². The Balaban J connectivity index is 1.48. The Morgan fingerprint density at radius 1 is 0.963 bits per heavy atom. The van der Waals surface area contributed by atoms with Crippen molar-refractivity contribution in [1.29, 1.82) is 0 Å². The molecule has 1 saturated heterocycles. The first-order chi connectivity index (χ1) is 13.0. The first kappa shape index (κ1) is 19.7. The third-order valence-corrected chi connectivity index (χ3v) is 4.77. The van der Waals surface area contributed by atoms with Gasteiger partial charge in [0.15, 0.2) is 0 Å². The highest BCUT2D eigenvalue weighted by Crippen LogP contribution is 2.14. The lowest BCUT2D eigenvalue weighted by atomic mass is 10.2. The van der Waals surface area contributed by atoms with Gasteiger partial charge in [0.2, 0.25) is 5.91 Å². The highest BCUT2D eigenvalue weighted by Gasteiger charge is 2.17. The van der Waals surface area contributed by atoms with Crippen LogP contribution >= 0.6 is 11.6 Å². The molecule has 1 amide bonds. The van der Waals surface area contributed by atoms with Gasteiger partial charge in [0.25, 0.3) is 0 Å². The smallest absolute Gasteiger partial charge is 0.238 e. The lowest BCUT2D eigenvalue weighted by Gasteiger charge is -2.21. The minimum atomic E-state index is -0.710. The van der Waals surface area contributed by atoms with Crippen LogP contribution in [0.1, 0.15) is 12.0 Å². The van der Waals surface area contributed by atoms with Crippen LogP contribution in [0.15, 0.2) is 42.5 Å². The predicted octanol–water partition coefficient (Wildman–Crippen LogP) is 3.76. The van der Waals surface area contributed by atoms with E-state index in [0.717, 1.165) is 62.4 Å². The molecule has 2 aromatic rings. The highest BCUT2D eigenvalue weighted by molar-refractivity contribution is 6.30. The zero-order valence-corrected chi connectivity index (χ0v) is 15.7. The number of hydrogen-bond donors (Lipinski definition) is 1. The maximum atomic E-state index is 13.2. The van der Waals surface area contributed by atoms with Crippen molar-refractivity contribution in [2.75, 3.05) is 38.0 Å². The van der Waals surface area contributed by atoms with Gasteiger partial charge in [-0.3, -0.25) is 14.6 Å². The molecule has 0 radical (unpaired) electrons. The van der Waals surface area contributed by atoms with E-state index < -0.39 is 11.6 Å². The number of nitrogens with one attached hydrogen (secondary N) is 1. The maximum absolute atomic E-state index is 13.2. The van der Waals surface area contributed by atoms with Gasteiger partial charge in [-0.05, 0) is 49.3 Å². The number of halogens is 3. The van der Waals surface area contributed by atoms with E-state index in [1.165, 1.54) is 5.56 Å². The summed E-state index contributed by atoms with van der Waals surface area (Å²) in [6.45, 7) is 4.42. The van der Waals surface area contributed by atoms with Crippen LogP contribution in [0.5, 0.6) is 0 Å². The molecule has 1 heterocycles. The van der Waals surface area contributed by atoms with Crippen LogP contribution in [0.3, 0.4) is 0 Å². The van der Waals surface area contributed by atoms with Crippen LogP contribution in [-0.2, 0) is 11.3 Å². The number of carbonyl (C=O) groups excluding carboxylic acids is 1. The SMILES string of the molecule is O=C(CN1CCCN(Cc2ccc(Cl)cc2)CC1)Nc1cc(F)cc(F)c1. The average Bonchev–Trinajstić information content (AvgIpc) is 2.81. The summed E-state index contributed by atoms with van der Waals surface area (Å²) in [6, 6.07) is 10.8. The third-order valence-electron chi connectivity index (χ3n) is 4.51. The first-order valence-electron chi connectivity index (χ1n) is 8.93. The summed E-state index contributed by atoms with van der Waals surface area (Å²) in [7, 11) is 0. The average molecular weight is 394 g/mol. The summed E-state index contributed by atoms with van der Waals surface area (Å²) in [5.74, 6) is -1.69. The molecule has 0 atom stereocenters. The summed E-state index contributed by atoms with van der Waals surface area (Å²) in [4.78, 5) is 16.6. The molecular weight excluding hydrogens is 372 g/mol. The van der Waals surface area contributed by atoms with Crippen molar-refractivity contribution in [3.8, 4) is 0 Å². The Kier molecular flexibility index (Phi) is 6.77. The Morgan fingerprint density at radius 3 is 2.30 bits per heavy atom. The van der Waals surface area contributed by atoms with E-state index in [2.05, 4.69) is 15.1 Å². The molecule has 0 aliphatic carbocycles. The van der Waals surface area contributed by atoms with Crippen molar-refractivity contribution >= 4 is 23.2 Å². The number of amides is 1. The Labute approximate surface area is 162 Å². The van der Waals surface area contributed by atoms with E-state index in [0.29, 0.717) is 0 Å². The second-order valence-corrected chi connectivity index (χ2v) is 7.18. The molecule has 0 spiro atoms. The molecule has 4 nitrogen and oxygen atoms in total. The van der Waals surface area contributed by atoms with Crippen LogP contribution in [0, 0.1) is 11.6 Å². The van der Waals surface area contributed by atoms with Crippen LogP contribution in [0.25, 0.3) is 0 Å². The molecule has 2 aromatic carbocycles. The number of anilines is 1. The Bertz CT molecular complexity index is 765. The highest BCUT2D eigenvalue weighted by atomic mass is 35.5. The van der Waals surface area contributed by atoms with Crippen molar-refractivity contribution in [2.24, 2.45) is 0 Å². The van der Waals surface area contributed by atoms with E-state index >= 15 is 0 Å². The minimum absolute atomic E-state index is 0.136. The van der Waals surface area contributed by atoms with Gasteiger partial charge in [0, 0.05) is 36.4 Å². The van der Waals surface area contributed by atoms with Gasteiger partial charge in [-0.1, -0.05) is 23.7 Å². The van der Waals surface area contributed by atoms with E-state index in [1.54, 1.807) is 0 Å². The molecule has 0 aromatic heterocycles. The molecule has 1 N–H and O–H groups in total. The number of rotatable bonds is 5. The molecule has 1 fully saturated rings. The normalized spacial score (nSPS) is 16.1. The van der Waals surface area contributed by atoms with E-state index in [-0.39, 0.29) is 18.1 Å². The van der Waals surface area contributed by atoms with E-state index in [4.69, 9.17) is 11.6 Å². The van der Waals surface area contributed by atoms with Crippen molar-refractivity contribution in [1.82, 2.24) is 9.80 Å². The zero-order valence-electron chi connectivity index (χ0n) is 14.9. The predicted molar refractivity (Wildman–Crippen MR) is 103 cm³/mol. The van der Waals surface area contributed by atoms with Crippen LogP contribution in [-0.4, -0.2) is 48.4 Å². The summed E-state index contributed by atoms with van der Waals surface area (Å²) in [6.07, 6.45) is 0.954. The molecule has 1 aliphatic rings. The van der Waals surface area contributed by atoms with Crippen LogP contribution in [0.4, 0.5) is 14.5 Å². The Hall–Kier alpha value is -2.02. The molecule has 144 valence electrons. The van der Waals surface area contributed by atoms with Gasteiger partial charge in [0.1, 0.15) is 11.6 Å². The number of nitrogens with zero attached hydrogens (tertiary/aromatic N) is 2. The van der Waals surface area contributed by atoms with Gasteiger partial charge in [-0.15, -0.1) is 0 Å². The van der Waals surface area contributed by atoms with Gasteiger partial charge >= 0.3 is 0 Å². The second kappa shape index (κ2) is 9.26. The summed E-state index contributed by atoms with van der Waals surface area (Å²) in [5, 5.41) is 3.29. The van der Waals surface area contributed by atoms with Crippen molar-refractivity contribution in [3.05, 3.63) is 64.7 Å². The van der Waals surface area contributed by atoms with Gasteiger partial charge in [-0.2, -0.15) is 0 Å². The van der Waals surface area contributed by atoms with Crippen LogP contribution in [0.2, 0.25) is 5.02 Å². The first-order valence-corrected chi connectivity index (χ1v) is 9.31. The largest absolute Gasteiger partial charge is 0.325 e. The summed E-state index contributed by atoms with van der Waals surface area (Å²) < 4.78 is 26.4. The quantitative estimate of drug-likeness (QED) is 0.840. The standard InChI is InChI=1S/C20H22ClF2N3O/c21-16-4-2-15(3-5-16)13-25-6-1-7-26(9-8-25)14-20(27)24-19-11-17(22)10-18(23)12-19/h2-5,10-12H,1,6-9,13-14H2,(H,24,27). The van der Waals surface area contributed by atoms with Crippen molar-refractivity contribution in [2.45, 2.75) is 13.0 Å². The molecule has 0 bridgehead atoms. The fraction of sp³-hybridized carbons (Fsp3) is 0.350. The van der Waals surface area contributed by atoms with E-state index in [9.17, 15) is 13.6 Å². The van der Waals surface area contributed by atoms with Crippen molar-refractivity contribution in [3.63, 3.8) is 0 Å². The van der Waals surface area contributed by atoms with E-state index in [1.807, 2.05) is 24.3 Å². The zero-order chi connectivity index (χ0) is 19.2. The second-order valence-electron chi connectivity index (χ2n) is 6.74. The molecule has 3 rings (SSSR count). The topological polar surface area (TPSA) is 35.6 Å². The molecule has 0 unspecified atom stereocenters. The fourth-order valence-corrected chi connectivity index (χ4v) is 3.34. The summed E-state index contributed by atoms with van der Waals surface area (Å²) >= 11 is 5.92. The molecular formula is C20H22ClF2N3O. The number of hydrogen-bond acceptors (Lipinski definition) is 3. The lowest BCUT2D eigenvalue weighted by Crippen LogP contribution is -2.36. The third kappa shape index (κ3) is 6.27. The minimum Gasteiger partial charge on any atom is -0.325 e. The van der Waals surface area contributed by atoms with Crippen LogP contribution < -0.4 is 5.32 Å². The lowest BCUT2D eigenvalue weighted by molar-refractivity contribution is -0.117. The Morgan fingerprint density at radius 2 is 1.59 bits per heavy atom. The summed E-state index contributed by atoms with van der Waals surface area (Å²) in [5.41, 5.74) is 1.34. The molecule has 27 heavy (non-hydrogen) atoms. The van der Waals surface area contributed by atoms with Crippen molar-refractivity contribution < 1.29 is 13.6 Å². The number of carbonyl (C=O) groups is 1. The van der Waals surface area contributed by atoms with Gasteiger partial charge < -0.3 is 5.32 Å². The molecule has 7 heteroatoms.